The third-order valence-corrected chi connectivity index (χ3v) is 9.42. The predicted octanol–water partition coefficient (Wildman–Crippen LogP) is 3.20. The van der Waals surface area contributed by atoms with Gasteiger partial charge in [-0.15, -0.1) is 0 Å². The number of piperidine rings is 1. The van der Waals surface area contributed by atoms with E-state index in [0.717, 1.165) is 56.6 Å². The van der Waals surface area contributed by atoms with Crippen LogP contribution in [-0.4, -0.2) is 70.4 Å². The van der Waals surface area contributed by atoms with Crippen LogP contribution in [-0.2, 0) is 11.8 Å². The minimum absolute atomic E-state index is 0.0806. The molecule has 188 valence electrons. The van der Waals surface area contributed by atoms with Crippen molar-refractivity contribution >= 4 is 0 Å². The molecule has 0 aromatic heterocycles. The second-order valence-corrected chi connectivity index (χ2v) is 12.0. The first-order valence-electron chi connectivity index (χ1n) is 12.9. The Morgan fingerprint density at radius 3 is 2.50 bits per heavy atom. The smallest absolute Gasteiger partial charge is 0.165 e. The summed E-state index contributed by atoms with van der Waals surface area (Å²) in [5, 5.41) is 30.0. The van der Waals surface area contributed by atoms with Crippen LogP contribution in [0.5, 0.6) is 11.5 Å². The van der Waals surface area contributed by atoms with E-state index in [-0.39, 0.29) is 11.5 Å². The largest absolute Gasteiger partial charge is 0.493 e. The van der Waals surface area contributed by atoms with Crippen molar-refractivity contribution in [2.45, 2.75) is 94.2 Å². The molecular weight excluding hydrogens is 430 g/mol. The van der Waals surface area contributed by atoms with E-state index in [2.05, 4.69) is 24.1 Å². The number of ether oxygens (including phenoxy) is 2. The van der Waals surface area contributed by atoms with Crippen LogP contribution in [0.4, 0.5) is 0 Å². The topological polar surface area (TPSA) is 82.4 Å². The molecule has 2 heterocycles. The molecule has 34 heavy (non-hydrogen) atoms. The molecule has 0 unspecified atom stereocenters. The highest BCUT2D eigenvalue weighted by Gasteiger charge is 2.64. The van der Waals surface area contributed by atoms with Crippen molar-refractivity contribution in [1.29, 1.82) is 0 Å². The number of benzene rings is 1. The van der Waals surface area contributed by atoms with Crippen LogP contribution in [0.1, 0.15) is 64.0 Å². The van der Waals surface area contributed by atoms with Gasteiger partial charge in [-0.05, 0) is 90.4 Å². The van der Waals surface area contributed by atoms with Crippen LogP contribution < -0.4 is 9.47 Å². The molecule has 3 aliphatic carbocycles. The number of likely N-dealkylation sites (N-methyl/N-ethyl adjacent to an activating group) is 1. The second-order valence-electron chi connectivity index (χ2n) is 12.0. The van der Waals surface area contributed by atoms with Crippen LogP contribution in [0.3, 0.4) is 0 Å². The lowest BCUT2D eigenvalue weighted by Gasteiger charge is -2.56. The maximum absolute atomic E-state index is 10.6. The van der Waals surface area contributed by atoms with Crippen LogP contribution in [0.25, 0.3) is 0 Å². The Hall–Kier alpha value is -1.60. The van der Waals surface area contributed by atoms with Gasteiger partial charge in [-0.25, -0.2) is 0 Å². The molecule has 2 fully saturated rings. The Kier molecular flexibility index (Phi) is 5.83. The maximum atomic E-state index is 10.6. The molecule has 5 atom stereocenters. The van der Waals surface area contributed by atoms with E-state index < -0.39 is 17.3 Å². The summed E-state index contributed by atoms with van der Waals surface area (Å²) in [6.45, 7) is 6.65. The van der Waals surface area contributed by atoms with Gasteiger partial charge in [0.1, 0.15) is 12.2 Å². The zero-order valence-electron chi connectivity index (χ0n) is 21.3. The fourth-order valence-corrected chi connectivity index (χ4v) is 7.33. The quantitative estimate of drug-likeness (QED) is 0.575. The van der Waals surface area contributed by atoms with Crippen molar-refractivity contribution in [1.82, 2.24) is 4.90 Å². The summed E-state index contributed by atoms with van der Waals surface area (Å²) < 4.78 is 11.8. The number of hydrogen-bond donors (Lipinski definition) is 3. The number of likely N-dealkylation sites (tertiary alicyclic amines) is 1. The molecule has 6 heteroatoms. The summed E-state index contributed by atoms with van der Waals surface area (Å²) in [5.74, 6) is 2.45. The average Bonchev–Trinajstić information content (AvgIpc) is 3.12. The Labute approximate surface area is 203 Å². The van der Waals surface area contributed by atoms with E-state index in [1.807, 2.05) is 32.9 Å². The Balaban J connectivity index is 0.000000172. The van der Waals surface area contributed by atoms with Gasteiger partial charge in [-0.2, -0.15) is 0 Å². The summed E-state index contributed by atoms with van der Waals surface area (Å²) in [4.78, 5) is 2.47. The molecule has 0 amide bonds. The van der Waals surface area contributed by atoms with E-state index in [4.69, 9.17) is 9.47 Å². The van der Waals surface area contributed by atoms with E-state index >= 15 is 0 Å². The zero-order chi connectivity index (χ0) is 24.5. The molecule has 3 N–H and O–H groups in total. The second kappa shape index (κ2) is 8.22. The normalized spacial score (nSPS) is 40.1. The highest BCUT2D eigenvalue weighted by atomic mass is 16.5. The third-order valence-electron chi connectivity index (χ3n) is 9.42. The summed E-state index contributed by atoms with van der Waals surface area (Å²) in [6, 6.07) is 4.70. The van der Waals surface area contributed by atoms with Crippen molar-refractivity contribution in [2.75, 3.05) is 20.7 Å². The Bertz CT molecular complexity index is 956. The Morgan fingerprint density at radius 1 is 1.15 bits per heavy atom. The Morgan fingerprint density at radius 2 is 1.85 bits per heavy atom. The molecule has 6 rings (SSSR count). The molecule has 1 saturated carbocycles. The molecule has 2 bridgehead atoms. The van der Waals surface area contributed by atoms with Crippen LogP contribution in [0, 0.1) is 11.8 Å². The van der Waals surface area contributed by atoms with Crippen LogP contribution in [0.2, 0.25) is 0 Å². The van der Waals surface area contributed by atoms with Gasteiger partial charge in [0.15, 0.2) is 11.5 Å². The standard InChI is InChI=1S/C18H21NO3.C10H20O2/c1-19-8-7-18-11-4-5-13(20)17(18)22-16-14(21-2)6-3-10(15(16)18)9-12(11)19;1-9(2,11)8-4-6-10(3,12)7-5-8/h3-6,11-13,17,20H,7-9H2,1-2H3;8,11-12H,4-7H2,1-3H3/t11-,12+,13-,17-,18-;/m0./s1. The van der Waals surface area contributed by atoms with Gasteiger partial charge in [-0.1, -0.05) is 18.2 Å². The lowest BCUT2D eigenvalue weighted by molar-refractivity contribution is -0.0509. The lowest BCUT2D eigenvalue weighted by Crippen LogP contribution is -2.64. The van der Waals surface area contributed by atoms with E-state index in [1.54, 1.807) is 7.11 Å². The number of nitrogens with zero attached hydrogens (tertiary/aromatic N) is 1. The monoisotopic (exact) mass is 471 g/mol. The zero-order valence-corrected chi connectivity index (χ0v) is 21.3. The summed E-state index contributed by atoms with van der Waals surface area (Å²) in [5.41, 5.74) is 1.55. The minimum atomic E-state index is -0.573. The molecule has 1 saturated heterocycles. The molecule has 2 aliphatic heterocycles. The molecule has 6 nitrogen and oxygen atoms in total. The number of aliphatic hydroxyl groups excluding tert-OH is 1. The van der Waals surface area contributed by atoms with Gasteiger partial charge in [-0.3, -0.25) is 0 Å². The van der Waals surface area contributed by atoms with Crippen molar-refractivity contribution in [3.63, 3.8) is 0 Å². The number of methoxy groups -OCH3 is 1. The van der Waals surface area contributed by atoms with Gasteiger partial charge < -0.3 is 29.7 Å². The van der Waals surface area contributed by atoms with Crippen molar-refractivity contribution in [2.24, 2.45) is 11.8 Å². The first kappa shape index (κ1) is 24.1. The van der Waals surface area contributed by atoms with Gasteiger partial charge in [0, 0.05) is 22.9 Å². The van der Waals surface area contributed by atoms with E-state index in [0.29, 0.717) is 17.9 Å². The lowest BCUT2D eigenvalue weighted by atomic mass is 9.53. The molecular formula is C28H41NO5. The fraction of sp³-hybridized carbons (Fsp3) is 0.714. The molecule has 1 aromatic rings. The van der Waals surface area contributed by atoms with Gasteiger partial charge >= 0.3 is 0 Å². The van der Waals surface area contributed by atoms with E-state index in [1.165, 1.54) is 11.1 Å². The van der Waals surface area contributed by atoms with Crippen molar-refractivity contribution in [3.05, 3.63) is 35.4 Å². The van der Waals surface area contributed by atoms with Crippen molar-refractivity contribution in [3.8, 4) is 11.5 Å². The number of rotatable bonds is 2. The first-order valence-corrected chi connectivity index (χ1v) is 12.9. The summed E-state index contributed by atoms with van der Waals surface area (Å²) >= 11 is 0. The highest BCUT2D eigenvalue weighted by Crippen LogP contribution is 2.62. The third kappa shape index (κ3) is 3.69. The number of hydrogen-bond acceptors (Lipinski definition) is 6. The van der Waals surface area contributed by atoms with Crippen LogP contribution >= 0.6 is 0 Å². The average molecular weight is 472 g/mol. The first-order chi connectivity index (χ1) is 16.0. The fourth-order valence-electron chi connectivity index (χ4n) is 7.33. The molecule has 1 spiro atoms. The maximum Gasteiger partial charge on any atom is 0.165 e. The number of aliphatic hydroxyl groups is 3. The SMILES string of the molecule is CC1(O)CCC(C(C)(C)O)CC1.COc1ccc2c3c1O[C@H]1[C@@H](O)C=C[C@H]4[C@@H](C2)N(C)CC[C@@]341. The minimum Gasteiger partial charge on any atom is -0.493 e. The van der Waals surface area contributed by atoms with E-state index in [9.17, 15) is 15.3 Å². The summed E-state index contributed by atoms with van der Waals surface area (Å²) in [7, 11) is 3.91. The molecule has 5 aliphatic rings. The highest BCUT2D eigenvalue weighted by molar-refractivity contribution is 5.62. The molecule has 1 aromatic carbocycles. The predicted molar refractivity (Wildman–Crippen MR) is 131 cm³/mol. The summed E-state index contributed by atoms with van der Waals surface area (Å²) in [6.07, 6.45) is 9.06. The van der Waals surface area contributed by atoms with Crippen LogP contribution in [0.15, 0.2) is 24.3 Å². The van der Waals surface area contributed by atoms with Gasteiger partial charge in [0.25, 0.3) is 0 Å². The van der Waals surface area contributed by atoms with Gasteiger partial charge in [0.2, 0.25) is 0 Å². The molecule has 0 radical (unpaired) electrons. The van der Waals surface area contributed by atoms with Crippen molar-refractivity contribution < 1.29 is 24.8 Å². The van der Waals surface area contributed by atoms with Gasteiger partial charge in [0.05, 0.1) is 18.3 Å².